The molecule has 1 fully saturated rings. The summed E-state index contributed by atoms with van der Waals surface area (Å²) in [5, 5.41) is 0. The maximum absolute atomic E-state index is 2.28. The molecule has 22 heavy (non-hydrogen) atoms. The van der Waals surface area contributed by atoms with Crippen molar-refractivity contribution in [3.8, 4) is 0 Å². The Morgan fingerprint density at radius 2 is 1.05 bits per heavy atom. The van der Waals surface area contributed by atoms with Crippen LogP contribution in [0.5, 0.6) is 0 Å². The Morgan fingerprint density at radius 1 is 0.591 bits per heavy atom. The molecule has 0 heteroatoms. The standard InChI is InChI=1S/C22H20/c1-4-10-17(11-5-1)20-16-21(20)22(18-12-6-2-7-13-18)19-14-8-3-9-15-19/h1-15,20-22H,16H2. The van der Waals surface area contributed by atoms with Crippen molar-refractivity contribution in [2.45, 2.75) is 18.3 Å². The molecule has 3 aromatic rings. The highest BCUT2D eigenvalue weighted by Gasteiger charge is 2.44. The van der Waals surface area contributed by atoms with Gasteiger partial charge in [-0.15, -0.1) is 0 Å². The molecule has 0 spiro atoms. The van der Waals surface area contributed by atoms with Crippen LogP contribution in [0.15, 0.2) is 91.0 Å². The number of benzene rings is 3. The van der Waals surface area contributed by atoms with Gasteiger partial charge in [-0.25, -0.2) is 0 Å². The molecule has 0 radical (unpaired) electrons. The minimum Gasteiger partial charge on any atom is -0.0622 e. The Labute approximate surface area is 132 Å². The topological polar surface area (TPSA) is 0 Å². The van der Waals surface area contributed by atoms with E-state index in [1.54, 1.807) is 0 Å². The molecule has 0 heterocycles. The summed E-state index contributed by atoms with van der Waals surface area (Å²) < 4.78 is 0. The van der Waals surface area contributed by atoms with Gasteiger partial charge in [0.2, 0.25) is 0 Å². The molecular weight excluding hydrogens is 264 g/mol. The lowest BCUT2D eigenvalue weighted by atomic mass is 9.85. The fourth-order valence-electron chi connectivity index (χ4n) is 3.67. The highest BCUT2D eigenvalue weighted by molar-refractivity contribution is 5.38. The average molecular weight is 284 g/mol. The third-order valence-corrected chi connectivity index (χ3v) is 4.81. The van der Waals surface area contributed by atoms with Gasteiger partial charge >= 0.3 is 0 Å². The molecule has 4 rings (SSSR count). The zero-order valence-corrected chi connectivity index (χ0v) is 12.6. The second-order valence-electron chi connectivity index (χ2n) is 6.22. The van der Waals surface area contributed by atoms with Crippen LogP contribution in [0.3, 0.4) is 0 Å². The molecule has 2 atom stereocenters. The molecular formula is C22H20. The van der Waals surface area contributed by atoms with Crippen LogP contribution in [0.25, 0.3) is 0 Å². The zero-order valence-electron chi connectivity index (χ0n) is 12.6. The van der Waals surface area contributed by atoms with Crippen molar-refractivity contribution in [2.24, 2.45) is 5.92 Å². The lowest BCUT2D eigenvalue weighted by Crippen LogP contribution is -2.04. The summed E-state index contributed by atoms with van der Waals surface area (Å²) in [4.78, 5) is 0. The van der Waals surface area contributed by atoms with E-state index in [-0.39, 0.29) is 0 Å². The first-order chi connectivity index (χ1) is 10.9. The molecule has 0 bridgehead atoms. The van der Waals surface area contributed by atoms with E-state index in [9.17, 15) is 0 Å². The Kier molecular flexibility index (Phi) is 3.52. The van der Waals surface area contributed by atoms with E-state index in [2.05, 4.69) is 91.0 Å². The van der Waals surface area contributed by atoms with E-state index in [0.717, 1.165) is 0 Å². The van der Waals surface area contributed by atoms with Crippen LogP contribution in [0.2, 0.25) is 0 Å². The Morgan fingerprint density at radius 3 is 1.55 bits per heavy atom. The van der Waals surface area contributed by atoms with E-state index in [4.69, 9.17) is 0 Å². The quantitative estimate of drug-likeness (QED) is 0.583. The second kappa shape index (κ2) is 5.81. The van der Waals surface area contributed by atoms with Crippen LogP contribution in [-0.2, 0) is 0 Å². The van der Waals surface area contributed by atoms with Gasteiger partial charge in [-0.2, -0.15) is 0 Å². The maximum Gasteiger partial charge on any atom is 0.0124 e. The van der Waals surface area contributed by atoms with Crippen LogP contribution in [0.1, 0.15) is 34.9 Å². The minimum atomic E-state index is 0.507. The molecule has 1 saturated carbocycles. The normalized spacial score (nSPS) is 20.0. The van der Waals surface area contributed by atoms with Gasteiger partial charge in [-0.1, -0.05) is 91.0 Å². The van der Waals surface area contributed by atoms with E-state index in [0.29, 0.717) is 17.8 Å². The molecule has 0 aliphatic heterocycles. The fraction of sp³-hybridized carbons (Fsp3) is 0.182. The summed E-state index contributed by atoms with van der Waals surface area (Å²) in [6, 6.07) is 32.9. The first-order valence-corrected chi connectivity index (χ1v) is 8.08. The third kappa shape index (κ3) is 2.57. The molecule has 0 saturated heterocycles. The monoisotopic (exact) mass is 284 g/mol. The Bertz CT molecular complexity index is 676. The maximum atomic E-state index is 2.28. The number of rotatable bonds is 4. The SMILES string of the molecule is c1ccc(C2CC2C(c2ccccc2)c2ccccc2)cc1. The largest absolute Gasteiger partial charge is 0.0622 e. The lowest BCUT2D eigenvalue weighted by Gasteiger charge is -2.18. The molecule has 0 amide bonds. The van der Waals surface area contributed by atoms with Crippen LogP contribution < -0.4 is 0 Å². The smallest absolute Gasteiger partial charge is 0.0124 e. The van der Waals surface area contributed by atoms with E-state index in [1.165, 1.54) is 23.1 Å². The van der Waals surface area contributed by atoms with Crippen molar-refractivity contribution in [1.29, 1.82) is 0 Å². The molecule has 0 N–H and O–H groups in total. The van der Waals surface area contributed by atoms with E-state index >= 15 is 0 Å². The molecule has 108 valence electrons. The van der Waals surface area contributed by atoms with Crippen molar-refractivity contribution in [2.75, 3.05) is 0 Å². The van der Waals surface area contributed by atoms with Gasteiger partial charge in [0.05, 0.1) is 0 Å². The first-order valence-electron chi connectivity index (χ1n) is 8.08. The highest BCUT2D eigenvalue weighted by Crippen LogP contribution is 2.56. The van der Waals surface area contributed by atoms with Crippen LogP contribution in [-0.4, -0.2) is 0 Å². The molecule has 3 aromatic carbocycles. The number of hydrogen-bond acceptors (Lipinski definition) is 0. The van der Waals surface area contributed by atoms with Crippen molar-refractivity contribution in [3.05, 3.63) is 108 Å². The summed E-state index contributed by atoms with van der Waals surface area (Å²) in [5.41, 5.74) is 4.37. The average Bonchev–Trinajstić information content (AvgIpc) is 3.38. The molecule has 2 unspecified atom stereocenters. The van der Waals surface area contributed by atoms with Gasteiger partial charge in [0.1, 0.15) is 0 Å². The summed E-state index contributed by atoms with van der Waals surface area (Å²) in [6.45, 7) is 0. The van der Waals surface area contributed by atoms with E-state index in [1.807, 2.05) is 0 Å². The van der Waals surface area contributed by atoms with Gasteiger partial charge in [0.15, 0.2) is 0 Å². The Balaban J connectivity index is 1.68. The third-order valence-electron chi connectivity index (χ3n) is 4.81. The fourth-order valence-corrected chi connectivity index (χ4v) is 3.67. The second-order valence-corrected chi connectivity index (χ2v) is 6.22. The van der Waals surface area contributed by atoms with Gasteiger partial charge < -0.3 is 0 Å². The van der Waals surface area contributed by atoms with Gasteiger partial charge in [0, 0.05) is 5.92 Å². The minimum absolute atomic E-state index is 0.507. The summed E-state index contributed by atoms with van der Waals surface area (Å²) in [6.07, 6.45) is 1.29. The summed E-state index contributed by atoms with van der Waals surface area (Å²) in [7, 11) is 0. The first kappa shape index (κ1) is 13.3. The summed E-state index contributed by atoms with van der Waals surface area (Å²) in [5.74, 6) is 1.92. The van der Waals surface area contributed by atoms with Crippen molar-refractivity contribution in [3.63, 3.8) is 0 Å². The molecule has 1 aliphatic carbocycles. The van der Waals surface area contributed by atoms with Gasteiger partial charge in [-0.3, -0.25) is 0 Å². The van der Waals surface area contributed by atoms with Crippen molar-refractivity contribution in [1.82, 2.24) is 0 Å². The Hall–Kier alpha value is -2.34. The predicted octanol–water partition coefficient (Wildman–Crippen LogP) is 5.62. The molecule has 0 aromatic heterocycles. The van der Waals surface area contributed by atoms with Crippen LogP contribution in [0.4, 0.5) is 0 Å². The highest BCUT2D eigenvalue weighted by atomic mass is 14.5. The number of hydrogen-bond donors (Lipinski definition) is 0. The van der Waals surface area contributed by atoms with Crippen molar-refractivity contribution < 1.29 is 0 Å². The predicted molar refractivity (Wildman–Crippen MR) is 92.0 cm³/mol. The van der Waals surface area contributed by atoms with Gasteiger partial charge in [0.25, 0.3) is 0 Å². The molecule has 0 nitrogen and oxygen atoms in total. The van der Waals surface area contributed by atoms with Crippen LogP contribution in [0, 0.1) is 5.92 Å². The lowest BCUT2D eigenvalue weighted by molar-refractivity contribution is 0.681. The van der Waals surface area contributed by atoms with Gasteiger partial charge in [-0.05, 0) is 34.9 Å². The van der Waals surface area contributed by atoms with E-state index < -0.39 is 0 Å². The molecule has 1 aliphatic rings. The van der Waals surface area contributed by atoms with Crippen molar-refractivity contribution >= 4 is 0 Å². The zero-order chi connectivity index (χ0) is 14.8. The van der Waals surface area contributed by atoms with Crippen LogP contribution >= 0.6 is 0 Å². The summed E-state index contributed by atoms with van der Waals surface area (Å²) >= 11 is 0.